The molecular formula is C6H4Cl2N2O. The lowest BCUT2D eigenvalue weighted by Gasteiger charge is -2.00. The van der Waals surface area contributed by atoms with Crippen LogP contribution in [0.2, 0.25) is 10.0 Å². The van der Waals surface area contributed by atoms with Gasteiger partial charge in [0.25, 0.3) is 0 Å². The number of nitrogens with zero attached hydrogens (tertiary/aromatic N) is 1. The molecule has 0 aliphatic carbocycles. The molecule has 11 heavy (non-hydrogen) atoms. The first-order chi connectivity index (χ1) is 5.16. The minimum atomic E-state index is 0.0920. The second-order valence-electron chi connectivity index (χ2n) is 1.84. The molecule has 0 bridgehead atoms. The molecule has 1 rings (SSSR count). The van der Waals surface area contributed by atoms with Crippen LogP contribution in [0.5, 0.6) is 0 Å². The normalized spacial score (nSPS) is 9.64. The summed E-state index contributed by atoms with van der Waals surface area (Å²) in [6, 6.07) is 0. The Hall–Kier alpha value is -0.800. The van der Waals surface area contributed by atoms with E-state index in [0.29, 0.717) is 6.29 Å². The maximum absolute atomic E-state index is 10.3. The molecule has 58 valence electrons. The second-order valence-corrected chi connectivity index (χ2v) is 2.62. The molecule has 0 saturated heterocycles. The van der Waals surface area contributed by atoms with Crippen LogP contribution in [-0.4, -0.2) is 11.3 Å². The highest BCUT2D eigenvalue weighted by Crippen LogP contribution is 2.26. The van der Waals surface area contributed by atoms with Gasteiger partial charge in [0.05, 0.1) is 15.6 Å². The fourth-order valence-electron chi connectivity index (χ4n) is 0.606. The third-order valence-electron chi connectivity index (χ3n) is 1.16. The molecule has 0 aromatic carbocycles. The molecule has 1 aromatic heterocycles. The zero-order valence-electron chi connectivity index (χ0n) is 5.34. The van der Waals surface area contributed by atoms with Gasteiger partial charge in [0.2, 0.25) is 0 Å². The zero-order chi connectivity index (χ0) is 8.43. The topological polar surface area (TPSA) is 56.0 Å². The van der Waals surface area contributed by atoms with Crippen molar-refractivity contribution >= 4 is 35.3 Å². The van der Waals surface area contributed by atoms with E-state index in [4.69, 9.17) is 28.9 Å². The molecule has 0 aliphatic heterocycles. The lowest BCUT2D eigenvalue weighted by atomic mass is 10.3. The maximum atomic E-state index is 10.3. The number of nitrogens with two attached hydrogens (primary N) is 1. The van der Waals surface area contributed by atoms with Crippen LogP contribution >= 0.6 is 23.2 Å². The highest BCUT2D eigenvalue weighted by molar-refractivity contribution is 6.43. The van der Waals surface area contributed by atoms with Gasteiger partial charge in [0, 0.05) is 6.20 Å². The molecule has 0 amide bonds. The van der Waals surface area contributed by atoms with Gasteiger partial charge >= 0.3 is 0 Å². The van der Waals surface area contributed by atoms with Crippen molar-refractivity contribution in [1.29, 1.82) is 0 Å². The summed E-state index contributed by atoms with van der Waals surface area (Å²) >= 11 is 11.2. The monoisotopic (exact) mass is 190 g/mol. The first-order valence-electron chi connectivity index (χ1n) is 2.71. The van der Waals surface area contributed by atoms with Crippen molar-refractivity contribution in [1.82, 2.24) is 4.98 Å². The molecule has 0 radical (unpaired) electrons. The largest absolute Gasteiger partial charge is 0.383 e. The Kier molecular flexibility index (Phi) is 2.31. The summed E-state index contributed by atoms with van der Waals surface area (Å²) in [6.45, 7) is 0. The van der Waals surface area contributed by atoms with Gasteiger partial charge in [-0.3, -0.25) is 4.79 Å². The van der Waals surface area contributed by atoms with Gasteiger partial charge in [-0.25, -0.2) is 4.98 Å². The number of aldehydes is 1. The Morgan fingerprint density at radius 2 is 2.18 bits per heavy atom. The molecule has 0 atom stereocenters. The Labute approximate surface area is 73.1 Å². The minimum Gasteiger partial charge on any atom is -0.383 e. The average Bonchev–Trinajstić information content (AvgIpc) is 1.99. The van der Waals surface area contributed by atoms with E-state index in [1.165, 1.54) is 6.20 Å². The smallest absolute Gasteiger partial charge is 0.155 e. The first kappa shape index (κ1) is 8.30. The summed E-state index contributed by atoms with van der Waals surface area (Å²) in [4.78, 5) is 14.0. The summed E-state index contributed by atoms with van der Waals surface area (Å²) in [5.74, 6) is 0.0920. The summed E-state index contributed by atoms with van der Waals surface area (Å²) in [5.41, 5.74) is 5.45. The number of halogens is 2. The summed E-state index contributed by atoms with van der Waals surface area (Å²) in [6.07, 6.45) is 1.82. The first-order valence-corrected chi connectivity index (χ1v) is 3.47. The number of anilines is 1. The van der Waals surface area contributed by atoms with Crippen LogP contribution in [0.4, 0.5) is 5.82 Å². The second kappa shape index (κ2) is 3.07. The van der Waals surface area contributed by atoms with Crippen molar-refractivity contribution in [2.24, 2.45) is 0 Å². The molecule has 5 heteroatoms. The Bertz CT molecular complexity index is 301. The molecule has 2 N–H and O–H groups in total. The molecule has 0 fully saturated rings. The number of rotatable bonds is 1. The van der Waals surface area contributed by atoms with E-state index in [1.807, 2.05) is 0 Å². The van der Waals surface area contributed by atoms with Gasteiger partial charge in [-0.2, -0.15) is 0 Å². The highest BCUT2D eigenvalue weighted by atomic mass is 35.5. The van der Waals surface area contributed by atoms with E-state index in [1.54, 1.807) is 0 Å². The standard InChI is InChI=1S/C6H4Cl2N2O/c7-4-1-10-6(9)3(2-11)5(4)8/h1-2H,(H2,9,10). The van der Waals surface area contributed by atoms with Crippen molar-refractivity contribution in [3.05, 3.63) is 21.8 Å². The summed E-state index contributed by atoms with van der Waals surface area (Å²) in [7, 11) is 0. The number of hydrogen-bond donors (Lipinski definition) is 1. The predicted octanol–water partition coefficient (Wildman–Crippen LogP) is 1.78. The Balaban J connectivity index is 3.40. The van der Waals surface area contributed by atoms with Crippen molar-refractivity contribution < 1.29 is 4.79 Å². The van der Waals surface area contributed by atoms with Gasteiger partial charge in [0.1, 0.15) is 5.82 Å². The van der Waals surface area contributed by atoms with Crippen molar-refractivity contribution in [2.75, 3.05) is 5.73 Å². The third kappa shape index (κ3) is 1.44. The number of nitrogen functional groups attached to an aromatic ring is 1. The lowest BCUT2D eigenvalue weighted by molar-refractivity contribution is 0.112. The van der Waals surface area contributed by atoms with Crippen LogP contribution in [0.1, 0.15) is 10.4 Å². The predicted molar refractivity (Wildman–Crippen MR) is 44.1 cm³/mol. The van der Waals surface area contributed by atoms with E-state index < -0.39 is 0 Å². The Morgan fingerprint density at radius 1 is 1.55 bits per heavy atom. The third-order valence-corrected chi connectivity index (χ3v) is 1.95. The number of hydrogen-bond acceptors (Lipinski definition) is 3. The van der Waals surface area contributed by atoms with E-state index in [2.05, 4.69) is 4.98 Å². The fraction of sp³-hybridized carbons (Fsp3) is 0. The van der Waals surface area contributed by atoms with Crippen molar-refractivity contribution in [2.45, 2.75) is 0 Å². The minimum absolute atomic E-state index is 0.0920. The van der Waals surface area contributed by atoms with Gasteiger partial charge < -0.3 is 5.73 Å². The Morgan fingerprint density at radius 3 is 2.64 bits per heavy atom. The molecule has 1 aromatic rings. The number of aromatic nitrogens is 1. The van der Waals surface area contributed by atoms with Gasteiger partial charge in [0.15, 0.2) is 6.29 Å². The molecule has 1 heterocycles. The van der Waals surface area contributed by atoms with E-state index in [-0.39, 0.29) is 21.4 Å². The number of pyridine rings is 1. The van der Waals surface area contributed by atoms with Crippen molar-refractivity contribution in [3.63, 3.8) is 0 Å². The SMILES string of the molecule is Nc1ncc(Cl)c(Cl)c1C=O. The van der Waals surface area contributed by atoms with Crippen LogP contribution in [-0.2, 0) is 0 Å². The van der Waals surface area contributed by atoms with Crippen molar-refractivity contribution in [3.8, 4) is 0 Å². The van der Waals surface area contributed by atoms with E-state index in [9.17, 15) is 4.79 Å². The molecular weight excluding hydrogens is 187 g/mol. The molecule has 3 nitrogen and oxygen atoms in total. The molecule has 0 unspecified atom stereocenters. The molecule has 0 aliphatic rings. The van der Waals surface area contributed by atoms with Crippen LogP contribution in [0, 0.1) is 0 Å². The quantitative estimate of drug-likeness (QED) is 0.688. The van der Waals surface area contributed by atoms with Crippen LogP contribution in [0.25, 0.3) is 0 Å². The summed E-state index contributed by atoms with van der Waals surface area (Å²) < 4.78 is 0. The highest BCUT2D eigenvalue weighted by Gasteiger charge is 2.07. The zero-order valence-corrected chi connectivity index (χ0v) is 6.86. The molecule has 0 spiro atoms. The van der Waals surface area contributed by atoms with Crippen LogP contribution in [0.3, 0.4) is 0 Å². The molecule has 0 saturated carbocycles. The van der Waals surface area contributed by atoms with Gasteiger partial charge in [-0.05, 0) is 0 Å². The van der Waals surface area contributed by atoms with E-state index in [0.717, 1.165) is 0 Å². The fourth-order valence-corrected chi connectivity index (χ4v) is 0.946. The average molecular weight is 191 g/mol. The van der Waals surface area contributed by atoms with E-state index >= 15 is 0 Å². The van der Waals surface area contributed by atoms with Gasteiger partial charge in [-0.15, -0.1) is 0 Å². The van der Waals surface area contributed by atoms with Gasteiger partial charge in [-0.1, -0.05) is 23.2 Å². The number of carbonyl (C=O) groups excluding carboxylic acids is 1. The van der Waals surface area contributed by atoms with Crippen LogP contribution < -0.4 is 5.73 Å². The maximum Gasteiger partial charge on any atom is 0.155 e. The van der Waals surface area contributed by atoms with Crippen LogP contribution in [0.15, 0.2) is 6.20 Å². The summed E-state index contributed by atoms with van der Waals surface area (Å²) in [5, 5.41) is 0.372. The number of carbonyl (C=O) groups is 1. The lowest BCUT2D eigenvalue weighted by Crippen LogP contribution is -1.97.